The Morgan fingerprint density at radius 3 is 2.68 bits per heavy atom. The second kappa shape index (κ2) is 7.03. The highest BCUT2D eigenvalue weighted by atomic mass is 32.2. The van der Waals surface area contributed by atoms with Gasteiger partial charge in [-0.1, -0.05) is 0 Å². The lowest BCUT2D eigenvalue weighted by molar-refractivity contribution is -0.137. The summed E-state index contributed by atoms with van der Waals surface area (Å²) in [5, 5.41) is 11.8. The minimum atomic E-state index is -0.748. The van der Waals surface area contributed by atoms with Crippen molar-refractivity contribution in [3.8, 4) is 0 Å². The molecule has 1 unspecified atom stereocenters. The number of hydrogen-bond donors (Lipinski definition) is 2. The van der Waals surface area contributed by atoms with Gasteiger partial charge in [0.1, 0.15) is 0 Å². The standard InChI is InChI=1S/C13H22N2O3S/c16-12(17)2-1-10-3-6-15(9-10)13(18)14-11-4-7-19-8-5-11/h10-11H,1-9H2,(H,14,18)(H,16,17). The van der Waals surface area contributed by atoms with Crippen molar-refractivity contribution in [1.82, 2.24) is 10.2 Å². The van der Waals surface area contributed by atoms with Crippen LogP contribution in [-0.2, 0) is 4.79 Å². The SMILES string of the molecule is O=C(O)CCC1CCN(C(=O)NC2CCSCC2)C1. The van der Waals surface area contributed by atoms with Crippen molar-refractivity contribution in [2.24, 2.45) is 5.92 Å². The van der Waals surface area contributed by atoms with Crippen molar-refractivity contribution in [2.45, 2.75) is 38.1 Å². The van der Waals surface area contributed by atoms with Crippen LogP contribution in [0.15, 0.2) is 0 Å². The molecule has 19 heavy (non-hydrogen) atoms. The lowest BCUT2D eigenvalue weighted by atomic mass is 10.0. The van der Waals surface area contributed by atoms with Gasteiger partial charge in [-0.3, -0.25) is 4.79 Å². The summed E-state index contributed by atoms with van der Waals surface area (Å²) in [5.74, 6) is 1.87. The molecule has 0 saturated carbocycles. The Labute approximate surface area is 118 Å². The smallest absolute Gasteiger partial charge is 0.317 e. The van der Waals surface area contributed by atoms with E-state index in [1.165, 1.54) is 0 Å². The van der Waals surface area contributed by atoms with E-state index >= 15 is 0 Å². The van der Waals surface area contributed by atoms with Crippen LogP contribution in [0.4, 0.5) is 4.79 Å². The summed E-state index contributed by atoms with van der Waals surface area (Å²) in [6.45, 7) is 1.47. The third kappa shape index (κ3) is 4.60. The fourth-order valence-electron chi connectivity index (χ4n) is 2.69. The first-order valence-electron chi connectivity index (χ1n) is 7.00. The number of nitrogens with zero attached hydrogens (tertiary/aromatic N) is 1. The highest BCUT2D eigenvalue weighted by Gasteiger charge is 2.27. The molecule has 108 valence electrons. The van der Waals surface area contributed by atoms with Crippen LogP contribution in [0.5, 0.6) is 0 Å². The summed E-state index contributed by atoms with van der Waals surface area (Å²) >= 11 is 1.95. The maximum atomic E-state index is 12.1. The minimum absolute atomic E-state index is 0.0368. The van der Waals surface area contributed by atoms with Gasteiger partial charge in [0.15, 0.2) is 0 Å². The molecule has 5 nitrogen and oxygen atoms in total. The topological polar surface area (TPSA) is 69.6 Å². The van der Waals surface area contributed by atoms with Crippen molar-refractivity contribution in [1.29, 1.82) is 0 Å². The van der Waals surface area contributed by atoms with Gasteiger partial charge in [-0.2, -0.15) is 11.8 Å². The van der Waals surface area contributed by atoms with Crippen LogP contribution >= 0.6 is 11.8 Å². The number of hydrogen-bond acceptors (Lipinski definition) is 3. The Bertz CT molecular complexity index is 332. The van der Waals surface area contributed by atoms with Gasteiger partial charge in [0.05, 0.1) is 0 Å². The van der Waals surface area contributed by atoms with Gasteiger partial charge in [0.25, 0.3) is 0 Å². The molecule has 0 aliphatic carbocycles. The van der Waals surface area contributed by atoms with E-state index < -0.39 is 5.97 Å². The van der Waals surface area contributed by atoms with Crippen molar-refractivity contribution in [2.75, 3.05) is 24.6 Å². The first kappa shape index (κ1) is 14.5. The zero-order valence-corrected chi connectivity index (χ0v) is 12.0. The van der Waals surface area contributed by atoms with E-state index in [9.17, 15) is 9.59 Å². The molecule has 1 atom stereocenters. The lowest BCUT2D eigenvalue weighted by Gasteiger charge is -2.26. The van der Waals surface area contributed by atoms with Crippen molar-refractivity contribution >= 4 is 23.8 Å². The maximum Gasteiger partial charge on any atom is 0.317 e. The molecule has 2 N–H and O–H groups in total. The van der Waals surface area contributed by atoms with Gasteiger partial charge in [0, 0.05) is 25.6 Å². The van der Waals surface area contributed by atoms with Gasteiger partial charge >= 0.3 is 12.0 Å². The molecule has 2 amide bonds. The average molecular weight is 286 g/mol. The number of nitrogens with one attached hydrogen (secondary N) is 1. The highest BCUT2D eigenvalue weighted by Crippen LogP contribution is 2.22. The predicted molar refractivity (Wildman–Crippen MR) is 75.4 cm³/mol. The molecule has 0 aromatic carbocycles. The number of carbonyl (C=O) groups is 2. The number of amides is 2. The molecule has 0 spiro atoms. The Kier molecular flexibility index (Phi) is 5.36. The summed E-state index contributed by atoms with van der Waals surface area (Å²) in [5.41, 5.74) is 0. The Morgan fingerprint density at radius 2 is 2.00 bits per heavy atom. The molecule has 2 rings (SSSR count). The number of carbonyl (C=O) groups excluding carboxylic acids is 1. The summed E-state index contributed by atoms with van der Waals surface area (Å²) in [6.07, 6.45) is 3.94. The van der Waals surface area contributed by atoms with Gasteiger partial charge in [-0.25, -0.2) is 4.79 Å². The number of rotatable bonds is 4. The highest BCUT2D eigenvalue weighted by molar-refractivity contribution is 7.99. The first-order valence-corrected chi connectivity index (χ1v) is 8.15. The van der Waals surface area contributed by atoms with Crippen LogP contribution in [0.25, 0.3) is 0 Å². The minimum Gasteiger partial charge on any atom is -0.481 e. The Balaban J connectivity index is 1.70. The van der Waals surface area contributed by atoms with Crippen molar-refractivity contribution in [3.63, 3.8) is 0 Å². The van der Waals surface area contributed by atoms with Gasteiger partial charge in [0.2, 0.25) is 0 Å². The quantitative estimate of drug-likeness (QED) is 0.826. The van der Waals surface area contributed by atoms with Crippen LogP contribution in [0.3, 0.4) is 0 Å². The zero-order valence-electron chi connectivity index (χ0n) is 11.1. The molecular formula is C13H22N2O3S. The molecule has 2 aliphatic rings. The Hall–Kier alpha value is -0.910. The first-order chi connectivity index (χ1) is 9.15. The fourth-order valence-corrected chi connectivity index (χ4v) is 3.79. The zero-order chi connectivity index (χ0) is 13.7. The molecule has 2 heterocycles. The van der Waals surface area contributed by atoms with Crippen LogP contribution in [-0.4, -0.2) is 52.6 Å². The number of urea groups is 1. The number of carboxylic acids is 1. The summed E-state index contributed by atoms with van der Waals surface area (Å²) in [6, 6.07) is 0.363. The van der Waals surface area contributed by atoms with Crippen molar-refractivity contribution in [3.05, 3.63) is 0 Å². The summed E-state index contributed by atoms with van der Waals surface area (Å²) < 4.78 is 0. The Morgan fingerprint density at radius 1 is 1.26 bits per heavy atom. The summed E-state index contributed by atoms with van der Waals surface area (Å²) in [7, 11) is 0. The third-order valence-electron chi connectivity index (χ3n) is 3.89. The van der Waals surface area contributed by atoms with Crippen LogP contribution in [0, 0.1) is 5.92 Å². The fraction of sp³-hybridized carbons (Fsp3) is 0.846. The maximum absolute atomic E-state index is 12.1. The molecule has 2 saturated heterocycles. The normalized spacial score (nSPS) is 24.4. The molecule has 0 bridgehead atoms. The molecule has 2 fully saturated rings. The van der Waals surface area contributed by atoms with E-state index in [-0.39, 0.29) is 12.5 Å². The largest absolute Gasteiger partial charge is 0.481 e. The number of aliphatic carboxylic acids is 1. The molecule has 2 aliphatic heterocycles. The van der Waals surface area contributed by atoms with Gasteiger partial charge < -0.3 is 15.3 Å². The molecule has 6 heteroatoms. The lowest BCUT2D eigenvalue weighted by Crippen LogP contribution is -2.45. The predicted octanol–water partition coefficient (Wildman–Crippen LogP) is 1.78. The van der Waals surface area contributed by atoms with Crippen molar-refractivity contribution < 1.29 is 14.7 Å². The third-order valence-corrected chi connectivity index (χ3v) is 4.94. The van der Waals surface area contributed by atoms with E-state index in [2.05, 4.69) is 5.32 Å². The van der Waals surface area contributed by atoms with Gasteiger partial charge in [-0.05, 0) is 43.1 Å². The van der Waals surface area contributed by atoms with E-state index in [4.69, 9.17) is 5.11 Å². The molecule has 0 radical (unpaired) electrons. The second-order valence-corrected chi connectivity index (χ2v) is 6.59. The van der Waals surface area contributed by atoms with E-state index in [0.29, 0.717) is 24.9 Å². The summed E-state index contributed by atoms with van der Waals surface area (Å²) in [4.78, 5) is 24.5. The van der Waals surface area contributed by atoms with E-state index in [1.54, 1.807) is 0 Å². The van der Waals surface area contributed by atoms with E-state index in [1.807, 2.05) is 16.7 Å². The molecule has 0 aromatic heterocycles. The molecular weight excluding hydrogens is 264 g/mol. The van der Waals surface area contributed by atoms with E-state index in [0.717, 1.165) is 37.3 Å². The van der Waals surface area contributed by atoms with Gasteiger partial charge in [-0.15, -0.1) is 0 Å². The number of thioether (sulfide) groups is 1. The average Bonchev–Trinajstić information content (AvgIpc) is 2.86. The number of carboxylic acid groups (broad SMARTS) is 1. The molecule has 0 aromatic rings. The van der Waals surface area contributed by atoms with Crippen LogP contribution < -0.4 is 5.32 Å². The number of likely N-dealkylation sites (tertiary alicyclic amines) is 1. The second-order valence-electron chi connectivity index (χ2n) is 5.37. The monoisotopic (exact) mass is 286 g/mol. The van der Waals surface area contributed by atoms with Crippen LogP contribution in [0.2, 0.25) is 0 Å². The van der Waals surface area contributed by atoms with Crippen LogP contribution in [0.1, 0.15) is 32.1 Å².